The minimum atomic E-state index is -3.95. The molecule has 0 heterocycles. The lowest BCUT2D eigenvalue weighted by atomic mass is 10.1. The third-order valence-corrected chi connectivity index (χ3v) is 4.47. The van der Waals surface area contributed by atoms with Crippen molar-refractivity contribution >= 4 is 37.3 Å². The largest absolute Gasteiger partial charge is 0.462 e. The van der Waals surface area contributed by atoms with Gasteiger partial charge in [0.05, 0.1) is 17.1 Å². The van der Waals surface area contributed by atoms with Crippen molar-refractivity contribution in [1.29, 1.82) is 0 Å². The molecule has 1 rings (SSSR count). The molecule has 0 bridgehead atoms. The Balaban J connectivity index is 3.05. The summed E-state index contributed by atoms with van der Waals surface area (Å²) in [4.78, 5) is 11.7. The molecule has 0 aliphatic rings. The van der Waals surface area contributed by atoms with Crippen molar-refractivity contribution in [3.8, 4) is 0 Å². The summed E-state index contributed by atoms with van der Waals surface area (Å²) in [5, 5.41) is 0.155. The van der Waals surface area contributed by atoms with E-state index in [1.165, 1.54) is 12.1 Å². The van der Waals surface area contributed by atoms with E-state index in [4.69, 9.17) is 27.0 Å². The number of carbonyl (C=O) groups is 1. The molecule has 0 aliphatic carbocycles. The summed E-state index contributed by atoms with van der Waals surface area (Å²) in [5.41, 5.74) is 0.575. The summed E-state index contributed by atoms with van der Waals surface area (Å²) in [6, 6.07) is 2.39. The number of ether oxygens (including phenoxy) is 1. The number of rotatable bonds is 5. The lowest BCUT2D eigenvalue weighted by Crippen LogP contribution is -2.11. The number of halogens is 2. The van der Waals surface area contributed by atoms with Crippen LogP contribution in [0.3, 0.4) is 0 Å². The van der Waals surface area contributed by atoms with Crippen LogP contribution >= 0.6 is 22.3 Å². The number of hydrogen-bond acceptors (Lipinski definition) is 4. The highest BCUT2D eigenvalue weighted by Crippen LogP contribution is 2.27. The molecule has 0 unspecified atom stereocenters. The Labute approximate surface area is 128 Å². The molecular weight excluding hydrogens is 323 g/mol. The van der Waals surface area contributed by atoms with Crippen molar-refractivity contribution in [3.63, 3.8) is 0 Å². The zero-order chi connectivity index (χ0) is 15.5. The van der Waals surface area contributed by atoms with Crippen molar-refractivity contribution in [1.82, 2.24) is 0 Å². The Morgan fingerprint density at radius 1 is 1.35 bits per heavy atom. The van der Waals surface area contributed by atoms with Crippen LogP contribution in [0, 0.1) is 12.8 Å². The molecule has 0 aromatic heterocycles. The standard InChI is InChI=1S/C13H16Cl2O4S/c1-8(2)4-5-19-13(16)11-6-10(20(15,17)18)7-12(14)9(11)3/h6-8H,4-5H2,1-3H3. The molecule has 1 aromatic rings. The SMILES string of the molecule is Cc1c(Cl)cc(S(=O)(=O)Cl)cc1C(=O)OCCC(C)C. The highest BCUT2D eigenvalue weighted by molar-refractivity contribution is 8.13. The minimum absolute atomic E-state index is 0.112. The van der Waals surface area contributed by atoms with Gasteiger partial charge < -0.3 is 4.74 Å². The molecule has 0 aliphatic heterocycles. The monoisotopic (exact) mass is 338 g/mol. The summed E-state index contributed by atoms with van der Waals surface area (Å²) in [6.45, 7) is 5.91. The van der Waals surface area contributed by atoms with E-state index in [1.807, 2.05) is 13.8 Å². The summed E-state index contributed by atoms with van der Waals surface area (Å²) < 4.78 is 27.8. The van der Waals surface area contributed by atoms with E-state index >= 15 is 0 Å². The molecule has 20 heavy (non-hydrogen) atoms. The van der Waals surface area contributed by atoms with Crippen LogP contribution in [-0.4, -0.2) is 21.0 Å². The van der Waals surface area contributed by atoms with Crippen LogP contribution < -0.4 is 0 Å². The van der Waals surface area contributed by atoms with Crippen LogP contribution in [-0.2, 0) is 13.8 Å². The van der Waals surface area contributed by atoms with Gasteiger partial charge in [0.2, 0.25) is 0 Å². The van der Waals surface area contributed by atoms with Crippen LogP contribution in [0.25, 0.3) is 0 Å². The van der Waals surface area contributed by atoms with Crippen molar-refractivity contribution < 1.29 is 17.9 Å². The summed E-state index contributed by atoms with van der Waals surface area (Å²) in [5.74, 6) is -0.200. The molecule has 7 heteroatoms. The van der Waals surface area contributed by atoms with Gasteiger partial charge in [-0.1, -0.05) is 25.4 Å². The summed E-state index contributed by atoms with van der Waals surface area (Å²) >= 11 is 5.92. The maximum absolute atomic E-state index is 12.0. The lowest BCUT2D eigenvalue weighted by Gasteiger charge is -2.10. The van der Waals surface area contributed by atoms with Crippen LogP contribution in [0.15, 0.2) is 17.0 Å². The van der Waals surface area contributed by atoms with Gasteiger partial charge in [0.25, 0.3) is 9.05 Å². The predicted molar refractivity (Wildman–Crippen MR) is 79.0 cm³/mol. The highest BCUT2D eigenvalue weighted by Gasteiger charge is 2.19. The predicted octanol–water partition coefficient (Wildman–Crippen LogP) is 3.78. The first kappa shape index (κ1) is 17.3. The van der Waals surface area contributed by atoms with Gasteiger partial charge in [-0.3, -0.25) is 0 Å². The summed E-state index contributed by atoms with van der Waals surface area (Å²) in [6.07, 6.45) is 0.728. The molecule has 0 saturated heterocycles. The topological polar surface area (TPSA) is 60.4 Å². The second-order valence-electron chi connectivity index (χ2n) is 4.83. The van der Waals surface area contributed by atoms with Gasteiger partial charge in [-0.05, 0) is 37.0 Å². The Morgan fingerprint density at radius 3 is 2.45 bits per heavy atom. The average molecular weight is 339 g/mol. The fourth-order valence-corrected chi connectivity index (χ4v) is 2.54. The highest BCUT2D eigenvalue weighted by atomic mass is 35.7. The van der Waals surface area contributed by atoms with Gasteiger partial charge in [0.1, 0.15) is 0 Å². The van der Waals surface area contributed by atoms with E-state index < -0.39 is 15.0 Å². The van der Waals surface area contributed by atoms with Gasteiger partial charge in [0.15, 0.2) is 0 Å². The fourth-order valence-electron chi connectivity index (χ4n) is 1.47. The van der Waals surface area contributed by atoms with E-state index in [2.05, 4.69) is 0 Å². The molecular formula is C13H16Cl2O4S. The number of benzene rings is 1. The molecule has 0 spiro atoms. The first-order chi connectivity index (χ1) is 9.12. The Bertz CT molecular complexity index is 609. The molecule has 0 radical (unpaired) electrons. The van der Waals surface area contributed by atoms with Crippen LogP contribution in [0.5, 0.6) is 0 Å². The molecule has 0 amide bonds. The number of hydrogen-bond donors (Lipinski definition) is 0. The zero-order valence-electron chi connectivity index (χ0n) is 11.4. The maximum Gasteiger partial charge on any atom is 0.338 e. The van der Waals surface area contributed by atoms with Crippen LogP contribution in [0.2, 0.25) is 5.02 Å². The van der Waals surface area contributed by atoms with Crippen LogP contribution in [0.4, 0.5) is 0 Å². The summed E-state index contributed by atoms with van der Waals surface area (Å²) in [7, 11) is 1.31. The third kappa shape index (κ3) is 4.65. The van der Waals surface area contributed by atoms with E-state index in [-0.39, 0.29) is 22.1 Å². The third-order valence-electron chi connectivity index (χ3n) is 2.75. The number of carbonyl (C=O) groups excluding carboxylic acids is 1. The van der Waals surface area contributed by atoms with Gasteiger partial charge in [-0.25, -0.2) is 13.2 Å². The Morgan fingerprint density at radius 2 is 1.95 bits per heavy atom. The Hall–Kier alpha value is -0.780. The average Bonchev–Trinajstić information content (AvgIpc) is 2.30. The van der Waals surface area contributed by atoms with Crippen molar-refractivity contribution in [2.75, 3.05) is 6.61 Å². The quantitative estimate of drug-likeness (QED) is 0.605. The Kier molecular flexibility index (Phi) is 5.86. The second-order valence-corrected chi connectivity index (χ2v) is 7.81. The molecule has 0 N–H and O–H groups in total. The first-order valence-corrected chi connectivity index (χ1v) is 8.73. The molecule has 0 fully saturated rings. The van der Waals surface area contributed by atoms with E-state index in [0.717, 1.165) is 6.42 Å². The molecule has 1 aromatic carbocycles. The van der Waals surface area contributed by atoms with Crippen molar-refractivity contribution in [3.05, 3.63) is 28.3 Å². The van der Waals surface area contributed by atoms with Crippen molar-refractivity contribution in [2.45, 2.75) is 32.1 Å². The maximum atomic E-state index is 12.0. The van der Waals surface area contributed by atoms with Gasteiger partial charge in [-0.15, -0.1) is 0 Å². The first-order valence-electron chi connectivity index (χ1n) is 6.05. The molecule has 0 saturated carbocycles. The molecule has 4 nitrogen and oxygen atoms in total. The zero-order valence-corrected chi connectivity index (χ0v) is 13.8. The minimum Gasteiger partial charge on any atom is -0.462 e. The van der Waals surface area contributed by atoms with E-state index in [9.17, 15) is 13.2 Å². The smallest absolute Gasteiger partial charge is 0.338 e. The van der Waals surface area contributed by atoms with E-state index in [0.29, 0.717) is 11.5 Å². The molecule has 112 valence electrons. The molecule has 0 atom stereocenters. The lowest BCUT2D eigenvalue weighted by molar-refractivity contribution is 0.0487. The van der Waals surface area contributed by atoms with E-state index in [1.54, 1.807) is 6.92 Å². The van der Waals surface area contributed by atoms with Gasteiger partial charge in [-0.2, -0.15) is 0 Å². The van der Waals surface area contributed by atoms with Gasteiger partial charge in [0, 0.05) is 15.7 Å². The second kappa shape index (κ2) is 6.78. The normalized spacial score (nSPS) is 11.7. The van der Waals surface area contributed by atoms with Crippen LogP contribution in [0.1, 0.15) is 36.2 Å². The number of esters is 1. The fraction of sp³-hybridized carbons (Fsp3) is 0.462. The van der Waals surface area contributed by atoms with Crippen molar-refractivity contribution in [2.24, 2.45) is 5.92 Å². The van der Waals surface area contributed by atoms with Gasteiger partial charge >= 0.3 is 5.97 Å².